The van der Waals surface area contributed by atoms with Crippen LogP contribution in [-0.2, 0) is 9.47 Å². The molecule has 1 aliphatic heterocycles. The number of rotatable bonds is 2. The molecule has 3 nitrogen and oxygen atoms in total. The maximum atomic E-state index is 9.90. The standard InChI is InChI=1S/C12H22O3/c1-5-9(13)8-6-10-11(7(8)2)15-12(3,4)14-10/h7-11,13H,5-6H2,1-4H3/t7-,8+,9-,10+,11-/m1/s1. The Morgan fingerprint density at radius 2 is 2.07 bits per heavy atom. The van der Waals surface area contributed by atoms with Crippen molar-refractivity contribution < 1.29 is 14.6 Å². The first-order valence-corrected chi connectivity index (χ1v) is 5.98. The zero-order valence-electron chi connectivity index (χ0n) is 10.1. The van der Waals surface area contributed by atoms with Gasteiger partial charge >= 0.3 is 0 Å². The summed E-state index contributed by atoms with van der Waals surface area (Å²) < 4.78 is 11.7. The molecule has 0 aromatic rings. The van der Waals surface area contributed by atoms with Crippen LogP contribution in [0.25, 0.3) is 0 Å². The fourth-order valence-electron chi connectivity index (χ4n) is 3.03. The van der Waals surface area contributed by atoms with Crippen molar-refractivity contribution in [2.24, 2.45) is 11.8 Å². The van der Waals surface area contributed by atoms with Crippen molar-refractivity contribution in [1.82, 2.24) is 0 Å². The van der Waals surface area contributed by atoms with Crippen molar-refractivity contribution in [2.75, 3.05) is 0 Å². The minimum Gasteiger partial charge on any atom is -0.393 e. The van der Waals surface area contributed by atoms with Gasteiger partial charge < -0.3 is 14.6 Å². The van der Waals surface area contributed by atoms with Crippen LogP contribution < -0.4 is 0 Å². The second kappa shape index (κ2) is 3.72. The number of aliphatic hydroxyl groups is 1. The Kier molecular flexibility index (Phi) is 2.82. The lowest BCUT2D eigenvalue weighted by molar-refractivity contribution is -0.163. The number of aliphatic hydroxyl groups excluding tert-OH is 1. The van der Waals surface area contributed by atoms with Gasteiger partial charge in [0.15, 0.2) is 5.79 Å². The van der Waals surface area contributed by atoms with Crippen LogP contribution in [0.2, 0.25) is 0 Å². The Balaban J connectivity index is 2.05. The van der Waals surface area contributed by atoms with Crippen LogP contribution >= 0.6 is 0 Å². The van der Waals surface area contributed by atoms with Crippen molar-refractivity contribution in [2.45, 2.75) is 64.6 Å². The minimum absolute atomic E-state index is 0.172. The number of ether oxygens (including phenoxy) is 2. The largest absolute Gasteiger partial charge is 0.393 e. The summed E-state index contributed by atoms with van der Waals surface area (Å²) >= 11 is 0. The predicted molar refractivity (Wildman–Crippen MR) is 57.4 cm³/mol. The normalized spacial score (nSPS) is 45.4. The third-order valence-electron chi connectivity index (χ3n) is 3.83. The first-order valence-electron chi connectivity index (χ1n) is 5.98. The van der Waals surface area contributed by atoms with E-state index in [-0.39, 0.29) is 18.3 Å². The van der Waals surface area contributed by atoms with E-state index in [0.29, 0.717) is 11.8 Å². The maximum absolute atomic E-state index is 9.90. The van der Waals surface area contributed by atoms with E-state index in [2.05, 4.69) is 6.92 Å². The van der Waals surface area contributed by atoms with Crippen molar-refractivity contribution in [1.29, 1.82) is 0 Å². The minimum atomic E-state index is -0.439. The van der Waals surface area contributed by atoms with Gasteiger partial charge in [-0.05, 0) is 38.5 Å². The summed E-state index contributed by atoms with van der Waals surface area (Å²) in [6.45, 7) is 8.11. The quantitative estimate of drug-likeness (QED) is 0.763. The summed E-state index contributed by atoms with van der Waals surface area (Å²) in [5.41, 5.74) is 0. The van der Waals surface area contributed by atoms with Gasteiger partial charge in [0.2, 0.25) is 0 Å². The fourth-order valence-corrected chi connectivity index (χ4v) is 3.03. The molecular weight excluding hydrogens is 192 g/mol. The van der Waals surface area contributed by atoms with E-state index in [9.17, 15) is 5.11 Å². The molecular formula is C12H22O3. The van der Waals surface area contributed by atoms with Gasteiger partial charge in [-0.2, -0.15) is 0 Å². The van der Waals surface area contributed by atoms with E-state index < -0.39 is 5.79 Å². The zero-order valence-corrected chi connectivity index (χ0v) is 10.1. The van der Waals surface area contributed by atoms with E-state index in [0.717, 1.165) is 12.8 Å². The van der Waals surface area contributed by atoms with Gasteiger partial charge in [-0.25, -0.2) is 0 Å². The van der Waals surface area contributed by atoms with E-state index >= 15 is 0 Å². The average Bonchev–Trinajstić information content (AvgIpc) is 2.60. The molecule has 2 rings (SSSR count). The highest BCUT2D eigenvalue weighted by atomic mass is 16.8. The second-order valence-corrected chi connectivity index (χ2v) is 5.37. The molecule has 15 heavy (non-hydrogen) atoms. The van der Waals surface area contributed by atoms with Gasteiger partial charge in [0.25, 0.3) is 0 Å². The molecule has 2 aliphatic rings. The summed E-state index contributed by atoms with van der Waals surface area (Å²) in [6.07, 6.45) is 1.90. The molecule has 0 bridgehead atoms. The highest BCUT2D eigenvalue weighted by Crippen LogP contribution is 2.45. The second-order valence-electron chi connectivity index (χ2n) is 5.37. The smallest absolute Gasteiger partial charge is 0.163 e. The Morgan fingerprint density at radius 3 is 2.60 bits per heavy atom. The molecule has 5 atom stereocenters. The van der Waals surface area contributed by atoms with E-state index in [4.69, 9.17) is 9.47 Å². The lowest BCUT2D eigenvalue weighted by Crippen LogP contribution is -2.30. The Labute approximate surface area is 91.8 Å². The Hall–Kier alpha value is -0.120. The fraction of sp³-hybridized carbons (Fsp3) is 1.00. The SMILES string of the molecule is CC[C@@H](O)[C@H]1C[C@@H]2OC(C)(C)O[C@@H]2[C@@H]1C. The molecule has 3 heteroatoms. The topological polar surface area (TPSA) is 38.7 Å². The molecule has 1 saturated carbocycles. The van der Waals surface area contributed by atoms with Crippen molar-refractivity contribution in [3.8, 4) is 0 Å². The molecule has 0 aromatic heterocycles. The van der Waals surface area contributed by atoms with Crippen LogP contribution in [0.3, 0.4) is 0 Å². The van der Waals surface area contributed by atoms with Gasteiger partial charge in [-0.1, -0.05) is 13.8 Å². The summed E-state index contributed by atoms with van der Waals surface area (Å²) in [7, 11) is 0. The van der Waals surface area contributed by atoms with Crippen LogP contribution in [0, 0.1) is 11.8 Å². The summed E-state index contributed by atoms with van der Waals surface area (Å²) in [5.74, 6) is 0.291. The molecule has 0 amide bonds. The molecule has 88 valence electrons. The summed E-state index contributed by atoms with van der Waals surface area (Å²) in [5, 5.41) is 9.90. The Bertz CT molecular complexity index is 239. The molecule has 1 heterocycles. The van der Waals surface area contributed by atoms with Gasteiger partial charge in [-0.15, -0.1) is 0 Å². The summed E-state index contributed by atoms with van der Waals surface area (Å²) in [6, 6.07) is 0. The van der Waals surface area contributed by atoms with Gasteiger partial charge in [0, 0.05) is 0 Å². The van der Waals surface area contributed by atoms with E-state index in [1.54, 1.807) is 0 Å². The van der Waals surface area contributed by atoms with Crippen LogP contribution in [0.5, 0.6) is 0 Å². The van der Waals surface area contributed by atoms with Crippen LogP contribution in [0.1, 0.15) is 40.5 Å². The molecule has 1 aliphatic carbocycles. The van der Waals surface area contributed by atoms with Gasteiger partial charge in [0.05, 0.1) is 18.3 Å². The first-order chi connectivity index (χ1) is 6.94. The van der Waals surface area contributed by atoms with E-state index in [1.165, 1.54) is 0 Å². The van der Waals surface area contributed by atoms with E-state index in [1.807, 2.05) is 20.8 Å². The molecule has 1 saturated heterocycles. The molecule has 0 aromatic carbocycles. The van der Waals surface area contributed by atoms with Gasteiger partial charge in [0.1, 0.15) is 0 Å². The lowest BCUT2D eigenvalue weighted by atomic mass is 9.90. The first kappa shape index (κ1) is 11.4. The zero-order chi connectivity index (χ0) is 11.2. The number of fused-ring (bicyclic) bond motifs is 1. The molecule has 1 N–H and O–H groups in total. The van der Waals surface area contributed by atoms with Crippen molar-refractivity contribution >= 4 is 0 Å². The third-order valence-corrected chi connectivity index (χ3v) is 3.83. The third kappa shape index (κ3) is 1.93. The highest BCUT2D eigenvalue weighted by Gasteiger charge is 2.52. The maximum Gasteiger partial charge on any atom is 0.163 e. The number of hydrogen-bond acceptors (Lipinski definition) is 3. The highest BCUT2D eigenvalue weighted by molar-refractivity contribution is 4.97. The van der Waals surface area contributed by atoms with Crippen molar-refractivity contribution in [3.05, 3.63) is 0 Å². The van der Waals surface area contributed by atoms with Crippen molar-refractivity contribution in [3.63, 3.8) is 0 Å². The molecule has 0 radical (unpaired) electrons. The molecule has 0 spiro atoms. The molecule has 2 fully saturated rings. The van der Waals surface area contributed by atoms with Crippen LogP contribution in [0.15, 0.2) is 0 Å². The van der Waals surface area contributed by atoms with Crippen LogP contribution in [0.4, 0.5) is 0 Å². The van der Waals surface area contributed by atoms with Crippen LogP contribution in [-0.4, -0.2) is 29.2 Å². The monoisotopic (exact) mass is 214 g/mol. The number of hydrogen-bond donors (Lipinski definition) is 1. The average molecular weight is 214 g/mol. The Morgan fingerprint density at radius 1 is 1.40 bits per heavy atom. The lowest BCUT2D eigenvalue weighted by Gasteiger charge is -2.26. The molecule has 0 unspecified atom stereocenters. The summed E-state index contributed by atoms with van der Waals surface area (Å²) in [4.78, 5) is 0. The predicted octanol–water partition coefficient (Wildman–Crippen LogP) is 1.93. The van der Waals surface area contributed by atoms with Gasteiger partial charge in [-0.3, -0.25) is 0 Å².